The Hall–Kier alpha value is -1.87. The van der Waals surface area contributed by atoms with Gasteiger partial charge in [0.25, 0.3) is 0 Å². The van der Waals surface area contributed by atoms with Crippen LogP contribution in [0.15, 0.2) is 42.5 Å². The fourth-order valence-corrected chi connectivity index (χ4v) is 1.97. The number of rotatable bonds is 7. The largest absolute Gasteiger partial charge is 0.473 e. The molecule has 1 aromatic heterocycles. The van der Waals surface area contributed by atoms with Crippen molar-refractivity contribution in [1.82, 2.24) is 10.3 Å². The van der Waals surface area contributed by atoms with Gasteiger partial charge in [0.1, 0.15) is 6.61 Å². The van der Waals surface area contributed by atoms with Crippen LogP contribution < -0.4 is 10.1 Å². The summed E-state index contributed by atoms with van der Waals surface area (Å²) < 4.78 is 5.72. The molecule has 1 N–H and O–H groups in total. The zero-order valence-electron chi connectivity index (χ0n) is 12.2. The lowest BCUT2D eigenvalue weighted by atomic mass is 10.2. The average Bonchev–Trinajstić information content (AvgIpc) is 2.48. The van der Waals surface area contributed by atoms with E-state index in [1.54, 1.807) is 0 Å². The van der Waals surface area contributed by atoms with Gasteiger partial charge in [0.15, 0.2) is 0 Å². The number of ether oxygens (including phenoxy) is 1. The molecular weight excluding hydrogens is 248 g/mol. The average molecular weight is 270 g/mol. The smallest absolute Gasteiger partial charge is 0.213 e. The molecule has 0 aliphatic rings. The summed E-state index contributed by atoms with van der Waals surface area (Å²) in [6.07, 6.45) is 1.14. The summed E-state index contributed by atoms with van der Waals surface area (Å²) in [5.74, 6) is 0.686. The number of nitrogens with one attached hydrogen (secondary N) is 1. The van der Waals surface area contributed by atoms with Gasteiger partial charge in [-0.05, 0) is 31.0 Å². The number of hydrogen-bond donors (Lipinski definition) is 1. The molecule has 0 fully saturated rings. The highest BCUT2D eigenvalue weighted by atomic mass is 16.5. The maximum atomic E-state index is 5.72. The molecule has 0 amide bonds. The number of nitrogens with zero attached hydrogens (tertiary/aromatic N) is 1. The minimum Gasteiger partial charge on any atom is -0.473 e. The van der Waals surface area contributed by atoms with E-state index in [1.165, 1.54) is 5.56 Å². The molecule has 1 aromatic carbocycles. The molecule has 0 aliphatic carbocycles. The fourth-order valence-electron chi connectivity index (χ4n) is 1.97. The highest BCUT2D eigenvalue weighted by molar-refractivity contribution is 5.25. The van der Waals surface area contributed by atoms with Gasteiger partial charge in [0.2, 0.25) is 5.88 Å². The van der Waals surface area contributed by atoms with Crippen LogP contribution in [0, 0.1) is 6.92 Å². The van der Waals surface area contributed by atoms with Crippen molar-refractivity contribution in [1.29, 1.82) is 0 Å². The molecule has 0 saturated carbocycles. The molecule has 3 heteroatoms. The number of aromatic nitrogens is 1. The summed E-state index contributed by atoms with van der Waals surface area (Å²) in [5, 5.41) is 3.39. The van der Waals surface area contributed by atoms with Crippen LogP contribution in [0.2, 0.25) is 0 Å². The Morgan fingerprint density at radius 2 is 1.90 bits per heavy atom. The Bertz CT molecular complexity index is 526. The topological polar surface area (TPSA) is 34.1 Å². The highest BCUT2D eigenvalue weighted by Gasteiger charge is 2.03. The van der Waals surface area contributed by atoms with E-state index in [2.05, 4.69) is 35.4 Å². The van der Waals surface area contributed by atoms with Gasteiger partial charge >= 0.3 is 0 Å². The van der Waals surface area contributed by atoms with Crippen molar-refractivity contribution < 1.29 is 4.74 Å². The number of benzene rings is 1. The molecule has 0 saturated heterocycles. The minimum atomic E-state index is 0.556. The third-order valence-electron chi connectivity index (χ3n) is 3.14. The van der Waals surface area contributed by atoms with E-state index in [0.29, 0.717) is 12.5 Å². The van der Waals surface area contributed by atoms with Gasteiger partial charge in [0, 0.05) is 18.3 Å². The molecule has 0 spiro atoms. The number of hydrogen-bond acceptors (Lipinski definition) is 3. The molecule has 0 unspecified atom stereocenters. The van der Waals surface area contributed by atoms with Crippen LogP contribution in [0.5, 0.6) is 5.88 Å². The molecule has 1 heterocycles. The molecule has 0 radical (unpaired) electrons. The molecule has 106 valence electrons. The first kappa shape index (κ1) is 14.5. The summed E-state index contributed by atoms with van der Waals surface area (Å²) in [5.41, 5.74) is 3.41. The van der Waals surface area contributed by atoms with E-state index in [-0.39, 0.29) is 0 Å². The van der Waals surface area contributed by atoms with Gasteiger partial charge in [-0.25, -0.2) is 4.98 Å². The third kappa shape index (κ3) is 4.35. The predicted molar refractivity (Wildman–Crippen MR) is 81.7 cm³/mol. The lowest BCUT2D eigenvalue weighted by Gasteiger charge is -2.10. The van der Waals surface area contributed by atoms with Crippen LogP contribution in [-0.4, -0.2) is 11.5 Å². The van der Waals surface area contributed by atoms with E-state index >= 15 is 0 Å². The number of aryl methyl sites for hydroxylation is 1. The predicted octanol–water partition coefficient (Wildman–Crippen LogP) is 3.47. The quantitative estimate of drug-likeness (QED) is 0.782. The van der Waals surface area contributed by atoms with Crippen molar-refractivity contribution in [2.45, 2.75) is 33.4 Å². The first-order valence-electron chi connectivity index (χ1n) is 7.13. The molecule has 0 bridgehead atoms. The lowest BCUT2D eigenvalue weighted by molar-refractivity contribution is 0.293. The van der Waals surface area contributed by atoms with Crippen LogP contribution in [0.1, 0.15) is 30.2 Å². The van der Waals surface area contributed by atoms with Crippen LogP contribution in [0.4, 0.5) is 0 Å². The van der Waals surface area contributed by atoms with Gasteiger partial charge < -0.3 is 10.1 Å². The fraction of sp³-hybridized carbons (Fsp3) is 0.353. The van der Waals surface area contributed by atoms with Gasteiger partial charge in [-0.1, -0.05) is 43.3 Å². The maximum Gasteiger partial charge on any atom is 0.213 e. The Balaban J connectivity index is 1.91. The molecule has 3 nitrogen and oxygen atoms in total. The molecule has 0 aliphatic heterocycles. The Morgan fingerprint density at radius 1 is 1.10 bits per heavy atom. The first-order valence-corrected chi connectivity index (χ1v) is 7.13. The summed E-state index contributed by atoms with van der Waals surface area (Å²) in [7, 11) is 0. The van der Waals surface area contributed by atoms with Crippen molar-refractivity contribution in [3.05, 3.63) is 59.3 Å². The standard InChI is InChI=1S/C17H22N2O/c1-3-11-18-12-16-9-10-17(19-14(16)2)20-13-15-7-5-4-6-8-15/h4-10,18H,3,11-13H2,1-2H3. The van der Waals surface area contributed by atoms with Crippen molar-refractivity contribution in [2.24, 2.45) is 0 Å². The summed E-state index contributed by atoms with van der Waals surface area (Å²) >= 11 is 0. The van der Waals surface area contributed by atoms with Gasteiger partial charge in [0.05, 0.1) is 0 Å². The second-order valence-electron chi connectivity index (χ2n) is 4.85. The van der Waals surface area contributed by atoms with E-state index in [1.807, 2.05) is 31.2 Å². The second-order valence-corrected chi connectivity index (χ2v) is 4.85. The van der Waals surface area contributed by atoms with Crippen molar-refractivity contribution in [3.63, 3.8) is 0 Å². The Labute approximate surface area is 121 Å². The SMILES string of the molecule is CCCNCc1ccc(OCc2ccccc2)nc1C. The van der Waals surface area contributed by atoms with Crippen molar-refractivity contribution in [3.8, 4) is 5.88 Å². The van der Waals surface area contributed by atoms with Crippen LogP contribution in [-0.2, 0) is 13.2 Å². The summed E-state index contributed by atoms with van der Waals surface area (Å²) in [6.45, 7) is 6.65. The summed E-state index contributed by atoms with van der Waals surface area (Å²) in [4.78, 5) is 4.50. The zero-order valence-corrected chi connectivity index (χ0v) is 12.2. The first-order chi connectivity index (χ1) is 9.79. The minimum absolute atomic E-state index is 0.556. The zero-order chi connectivity index (χ0) is 14.2. The molecule has 0 atom stereocenters. The van der Waals surface area contributed by atoms with E-state index < -0.39 is 0 Å². The Kier molecular flexibility index (Phi) is 5.56. The number of pyridine rings is 1. The molecule has 2 aromatic rings. The van der Waals surface area contributed by atoms with Crippen molar-refractivity contribution >= 4 is 0 Å². The van der Waals surface area contributed by atoms with E-state index in [0.717, 1.165) is 30.8 Å². The normalized spacial score (nSPS) is 10.5. The van der Waals surface area contributed by atoms with Crippen molar-refractivity contribution in [2.75, 3.05) is 6.54 Å². The van der Waals surface area contributed by atoms with E-state index in [4.69, 9.17) is 4.74 Å². The third-order valence-corrected chi connectivity index (χ3v) is 3.14. The van der Waals surface area contributed by atoms with Gasteiger partial charge in [-0.2, -0.15) is 0 Å². The maximum absolute atomic E-state index is 5.72. The van der Waals surface area contributed by atoms with Crippen LogP contribution in [0.3, 0.4) is 0 Å². The Morgan fingerprint density at radius 3 is 2.60 bits per heavy atom. The molecule has 2 rings (SSSR count). The highest BCUT2D eigenvalue weighted by Crippen LogP contribution is 2.14. The van der Waals surface area contributed by atoms with E-state index in [9.17, 15) is 0 Å². The van der Waals surface area contributed by atoms with Crippen LogP contribution in [0.25, 0.3) is 0 Å². The molecular formula is C17H22N2O. The monoisotopic (exact) mass is 270 g/mol. The lowest BCUT2D eigenvalue weighted by Crippen LogP contribution is -2.15. The van der Waals surface area contributed by atoms with Gasteiger partial charge in [-0.3, -0.25) is 0 Å². The van der Waals surface area contributed by atoms with Crippen LogP contribution >= 0.6 is 0 Å². The molecule has 20 heavy (non-hydrogen) atoms. The second kappa shape index (κ2) is 7.65. The van der Waals surface area contributed by atoms with Gasteiger partial charge in [-0.15, -0.1) is 0 Å². The summed E-state index contributed by atoms with van der Waals surface area (Å²) in [6, 6.07) is 14.2.